The first-order valence-corrected chi connectivity index (χ1v) is 15.7. The predicted octanol–water partition coefficient (Wildman–Crippen LogP) is 6.08. The van der Waals surface area contributed by atoms with Crippen molar-refractivity contribution < 1.29 is 31.7 Å². The Morgan fingerprint density at radius 3 is 2.47 bits per heavy atom. The van der Waals surface area contributed by atoms with Crippen molar-refractivity contribution in [1.82, 2.24) is 10.0 Å². The van der Waals surface area contributed by atoms with Gasteiger partial charge in [0.05, 0.1) is 36.6 Å². The van der Waals surface area contributed by atoms with Crippen LogP contribution in [0.5, 0.6) is 17.4 Å². The fourth-order valence-corrected chi connectivity index (χ4v) is 6.53. The van der Waals surface area contributed by atoms with E-state index in [0.717, 1.165) is 28.8 Å². The lowest BCUT2D eigenvalue weighted by molar-refractivity contribution is 0.246. The zero-order valence-electron chi connectivity index (χ0n) is 25.2. The normalized spacial score (nSPS) is 13.5. The lowest BCUT2D eigenvalue weighted by Gasteiger charge is -2.19. The van der Waals surface area contributed by atoms with E-state index in [4.69, 9.17) is 18.7 Å². The molecule has 1 aromatic heterocycles. The second-order valence-corrected chi connectivity index (χ2v) is 12.3. The standard InChI is InChI=1S/C34H32FN3O6S/c1-20-8-11-25(12-9-20)45(40,41)44-38-29-13-10-23(33-27(35)6-5-7-30(33)42-3)16-26(29)32(34(38)39)21(2)37-28-17-24-19-36-15-14-22(24)18-31(28)43-4/h5-13,16-18,36,39H,14-15,19H2,1-4H3. The summed E-state index contributed by atoms with van der Waals surface area (Å²) in [7, 11) is -1.34. The molecule has 0 amide bonds. The van der Waals surface area contributed by atoms with Crippen molar-refractivity contribution in [3.05, 3.63) is 101 Å². The van der Waals surface area contributed by atoms with Gasteiger partial charge >= 0.3 is 10.1 Å². The van der Waals surface area contributed by atoms with Gasteiger partial charge in [0.25, 0.3) is 0 Å². The molecule has 9 nitrogen and oxygen atoms in total. The molecule has 0 unspecified atom stereocenters. The number of nitrogens with zero attached hydrogens (tertiary/aromatic N) is 2. The summed E-state index contributed by atoms with van der Waals surface area (Å²) in [5, 5.41) is 15.3. The summed E-state index contributed by atoms with van der Waals surface area (Å²) in [5.41, 5.74) is 5.12. The maximum absolute atomic E-state index is 15.1. The Morgan fingerprint density at radius 2 is 1.73 bits per heavy atom. The van der Waals surface area contributed by atoms with Gasteiger partial charge in [0.1, 0.15) is 27.9 Å². The monoisotopic (exact) mass is 629 g/mol. The van der Waals surface area contributed by atoms with Crippen LogP contribution in [0.2, 0.25) is 0 Å². The summed E-state index contributed by atoms with van der Waals surface area (Å²) < 4.78 is 59.3. The van der Waals surface area contributed by atoms with Gasteiger partial charge in [-0.2, -0.15) is 8.42 Å². The molecule has 1 aliphatic heterocycles. The number of benzene rings is 4. The van der Waals surface area contributed by atoms with Crippen LogP contribution in [-0.2, 0) is 23.1 Å². The number of aliphatic imine (C=N–C) groups is 1. The molecular weight excluding hydrogens is 597 g/mol. The number of nitrogens with one attached hydrogen (secondary N) is 1. The Kier molecular flexibility index (Phi) is 7.98. The smallest absolute Gasteiger partial charge is 0.357 e. The van der Waals surface area contributed by atoms with E-state index in [-0.39, 0.29) is 21.5 Å². The average Bonchev–Trinajstić information content (AvgIpc) is 3.30. The number of fused-ring (bicyclic) bond motifs is 2. The van der Waals surface area contributed by atoms with Gasteiger partial charge in [-0.05, 0) is 92.0 Å². The first-order valence-electron chi connectivity index (χ1n) is 14.3. The third kappa shape index (κ3) is 5.60. The molecule has 232 valence electrons. The summed E-state index contributed by atoms with van der Waals surface area (Å²) >= 11 is 0. The van der Waals surface area contributed by atoms with Crippen LogP contribution < -0.4 is 19.1 Å². The second-order valence-electron chi connectivity index (χ2n) is 10.8. The van der Waals surface area contributed by atoms with E-state index in [1.54, 1.807) is 56.5 Å². The molecule has 0 fully saturated rings. The van der Waals surface area contributed by atoms with Crippen molar-refractivity contribution >= 4 is 32.4 Å². The highest BCUT2D eigenvalue weighted by atomic mass is 32.2. The highest BCUT2D eigenvalue weighted by molar-refractivity contribution is 7.87. The SMILES string of the molecule is COc1cc2c(cc1N=C(C)c1c(O)n(OS(=O)(=O)c3ccc(C)cc3)c3ccc(-c4c(F)cccc4OC)cc13)CNCC2. The summed E-state index contributed by atoms with van der Waals surface area (Å²) in [6, 6.07) is 19.4. The Hall–Kier alpha value is -4.87. The lowest BCUT2D eigenvalue weighted by Crippen LogP contribution is -2.23. The molecule has 2 N–H and O–H groups in total. The molecule has 45 heavy (non-hydrogen) atoms. The molecule has 0 radical (unpaired) electrons. The van der Waals surface area contributed by atoms with Crippen molar-refractivity contribution in [3.63, 3.8) is 0 Å². The summed E-state index contributed by atoms with van der Waals surface area (Å²) in [6.45, 7) is 5.09. The predicted molar refractivity (Wildman–Crippen MR) is 171 cm³/mol. The molecule has 1 aliphatic rings. The number of aromatic hydroxyl groups is 1. The molecule has 2 heterocycles. The number of aromatic nitrogens is 1. The number of methoxy groups -OCH3 is 2. The summed E-state index contributed by atoms with van der Waals surface area (Å²) in [5.74, 6) is -0.114. The zero-order valence-corrected chi connectivity index (χ0v) is 26.0. The third-order valence-electron chi connectivity index (χ3n) is 7.90. The molecule has 0 saturated carbocycles. The van der Waals surface area contributed by atoms with E-state index in [9.17, 15) is 13.5 Å². The average molecular weight is 630 g/mol. The number of aryl methyl sites for hydroxylation is 1. The summed E-state index contributed by atoms with van der Waals surface area (Å²) in [6.07, 6.45) is 0.859. The molecule has 0 atom stereocenters. The van der Waals surface area contributed by atoms with Crippen LogP contribution in [-0.4, -0.2) is 44.7 Å². The molecule has 4 aromatic carbocycles. The second kappa shape index (κ2) is 11.9. The van der Waals surface area contributed by atoms with Gasteiger partial charge < -0.3 is 19.9 Å². The fraction of sp³-hybridized carbons (Fsp3) is 0.206. The summed E-state index contributed by atoms with van der Waals surface area (Å²) in [4.78, 5) is 4.76. The van der Waals surface area contributed by atoms with Crippen LogP contribution in [0.25, 0.3) is 22.0 Å². The number of rotatable bonds is 8. The first kappa shape index (κ1) is 30.2. The number of ether oxygens (including phenoxy) is 2. The van der Waals surface area contributed by atoms with Crippen molar-refractivity contribution in [2.24, 2.45) is 4.99 Å². The molecule has 0 spiro atoms. The minimum Gasteiger partial charge on any atom is -0.496 e. The highest BCUT2D eigenvalue weighted by Crippen LogP contribution is 2.40. The van der Waals surface area contributed by atoms with Crippen molar-refractivity contribution in [2.75, 3.05) is 20.8 Å². The van der Waals surface area contributed by atoms with Crippen LogP contribution in [0.4, 0.5) is 10.1 Å². The lowest BCUT2D eigenvalue weighted by atomic mass is 9.99. The van der Waals surface area contributed by atoms with Crippen molar-refractivity contribution in [3.8, 4) is 28.5 Å². The van der Waals surface area contributed by atoms with Gasteiger partial charge in [-0.15, -0.1) is 4.73 Å². The topological polar surface area (TPSA) is 111 Å². The maximum Gasteiger partial charge on any atom is 0.357 e. The van der Waals surface area contributed by atoms with Crippen LogP contribution in [0, 0.1) is 12.7 Å². The molecule has 6 rings (SSSR count). The third-order valence-corrected chi connectivity index (χ3v) is 9.10. The molecule has 11 heteroatoms. The molecule has 5 aromatic rings. The Bertz CT molecular complexity index is 2070. The van der Waals surface area contributed by atoms with Crippen LogP contribution in [0.3, 0.4) is 0 Å². The Morgan fingerprint density at radius 1 is 0.978 bits per heavy atom. The minimum absolute atomic E-state index is 0.0820. The zero-order chi connectivity index (χ0) is 31.9. The molecule has 0 bridgehead atoms. The molecule has 0 saturated heterocycles. The largest absolute Gasteiger partial charge is 0.496 e. The number of hydrogen-bond acceptors (Lipinski definition) is 8. The van der Waals surface area contributed by atoms with Gasteiger partial charge in [0, 0.05) is 11.9 Å². The van der Waals surface area contributed by atoms with Gasteiger partial charge in [-0.1, -0.05) is 29.8 Å². The Balaban J connectivity index is 1.56. The molecule has 0 aliphatic carbocycles. The van der Waals surface area contributed by atoms with Crippen LogP contribution in [0.1, 0.15) is 29.2 Å². The van der Waals surface area contributed by atoms with E-state index < -0.39 is 21.8 Å². The van der Waals surface area contributed by atoms with E-state index >= 15 is 4.39 Å². The van der Waals surface area contributed by atoms with Gasteiger partial charge in [-0.3, -0.25) is 4.28 Å². The molecular formula is C34H32FN3O6S. The first-order chi connectivity index (χ1) is 21.6. The van der Waals surface area contributed by atoms with Crippen molar-refractivity contribution in [1.29, 1.82) is 0 Å². The van der Waals surface area contributed by atoms with Gasteiger partial charge in [-0.25, -0.2) is 9.38 Å². The number of halogens is 1. The van der Waals surface area contributed by atoms with E-state index in [0.29, 0.717) is 40.4 Å². The van der Waals surface area contributed by atoms with Crippen LogP contribution in [0.15, 0.2) is 82.7 Å². The van der Waals surface area contributed by atoms with Crippen LogP contribution >= 0.6 is 0 Å². The fourth-order valence-electron chi connectivity index (χ4n) is 5.62. The maximum atomic E-state index is 15.1. The van der Waals surface area contributed by atoms with Gasteiger partial charge in [0.2, 0.25) is 5.88 Å². The van der Waals surface area contributed by atoms with E-state index in [2.05, 4.69) is 5.32 Å². The van der Waals surface area contributed by atoms with E-state index in [1.807, 2.05) is 19.1 Å². The number of hydrogen-bond donors (Lipinski definition) is 2. The Labute approximate surface area is 260 Å². The quantitative estimate of drug-likeness (QED) is 0.200. The van der Waals surface area contributed by atoms with Crippen molar-refractivity contribution in [2.45, 2.75) is 31.7 Å². The van der Waals surface area contributed by atoms with Gasteiger partial charge in [0.15, 0.2) is 0 Å². The van der Waals surface area contributed by atoms with E-state index in [1.165, 1.54) is 30.9 Å². The highest BCUT2D eigenvalue weighted by Gasteiger charge is 2.27. The minimum atomic E-state index is -4.36.